The molecule has 0 spiro atoms. The number of carbonyl (C=O) groups is 1. The van der Waals surface area contributed by atoms with Gasteiger partial charge in [-0.15, -0.1) is 0 Å². The summed E-state index contributed by atoms with van der Waals surface area (Å²) in [5.74, 6) is -2.47. The van der Waals surface area contributed by atoms with Gasteiger partial charge in [-0.1, -0.05) is 0 Å². The van der Waals surface area contributed by atoms with Crippen molar-refractivity contribution in [2.75, 3.05) is 24.3 Å². The Bertz CT molecular complexity index is 480. The van der Waals surface area contributed by atoms with Gasteiger partial charge in [0.25, 0.3) is 5.91 Å². The molecule has 7 heteroatoms. The molecule has 1 aromatic carbocycles. The summed E-state index contributed by atoms with van der Waals surface area (Å²) in [5.41, 5.74) is 4.29. The number of hydrogen-bond donors (Lipinski definition) is 2. The summed E-state index contributed by atoms with van der Waals surface area (Å²) in [5, 5.41) is 2.35. The summed E-state index contributed by atoms with van der Waals surface area (Å²) in [7, 11) is -0.957. The van der Waals surface area contributed by atoms with Crippen molar-refractivity contribution in [2.24, 2.45) is 0 Å². The van der Waals surface area contributed by atoms with Gasteiger partial charge >= 0.3 is 0 Å². The van der Waals surface area contributed by atoms with E-state index in [9.17, 15) is 17.8 Å². The third-order valence-corrected chi connectivity index (χ3v) is 3.11. The first kappa shape index (κ1) is 14.6. The van der Waals surface area contributed by atoms with E-state index in [1.807, 2.05) is 0 Å². The van der Waals surface area contributed by atoms with Crippen molar-refractivity contribution in [1.29, 1.82) is 0 Å². The molecule has 1 aromatic rings. The van der Waals surface area contributed by atoms with Gasteiger partial charge in [0.2, 0.25) is 0 Å². The second-order valence-electron chi connectivity index (χ2n) is 3.71. The molecule has 0 fully saturated rings. The zero-order chi connectivity index (χ0) is 13.7. The lowest BCUT2D eigenvalue weighted by Gasteiger charge is -2.08. The van der Waals surface area contributed by atoms with Gasteiger partial charge in [0, 0.05) is 29.4 Å². The van der Waals surface area contributed by atoms with E-state index >= 15 is 0 Å². The van der Waals surface area contributed by atoms with Crippen molar-refractivity contribution in [2.45, 2.75) is 6.42 Å². The molecule has 0 radical (unpaired) electrons. The maximum atomic E-state index is 13.5. The van der Waals surface area contributed by atoms with Crippen molar-refractivity contribution < 1.29 is 17.8 Å². The van der Waals surface area contributed by atoms with E-state index in [1.165, 1.54) is 0 Å². The summed E-state index contributed by atoms with van der Waals surface area (Å²) in [6, 6.07) is 2.00. The maximum Gasteiger partial charge on any atom is 0.257 e. The number of benzene rings is 1. The van der Waals surface area contributed by atoms with Crippen LogP contribution in [0, 0.1) is 11.6 Å². The summed E-state index contributed by atoms with van der Waals surface area (Å²) in [6.45, 7) is 0.200. The summed E-state index contributed by atoms with van der Waals surface area (Å²) in [4.78, 5) is 11.6. The minimum Gasteiger partial charge on any atom is -0.396 e. The van der Waals surface area contributed by atoms with E-state index in [0.717, 1.165) is 12.1 Å². The summed E-state index contributed by atoms with van der Waals surface area (Å²) in [6.07, 6.45) is 2.01. The molecule has 1 amide bonds. The number of nitrogen functional groups attached to an aromatic ring is 1. The second kappa shape index (κ2) is 6.44. The number of anilines is 1. The fourth-order valence-corrected chi connectivity index (χ4v) is 1.89. The fourth-order valence-electron chi connectivity index (χ4n) is 1.34. The van der Waals surface area contributed by atoms with Gasteiger partial charge in [-0.05, 0) is 18.6 Å². The molecule has 0 bridgehead atoms. The lowest BCUT2D eigenvalue weighted by atomic mass is 10.1. The van der Waals surface area contributed by atoms with Crippen molar-refractivity contribution in [3.8, 4) is 0 Å². The maximum absolute atomic E-state index is 13.5. The van der Waals surface area contributed by atoms with Crippen LogP contribution in [0.4, 0.5) is 14.5 Å². The Morgan fingerprint density at radius 3 is 2.72 bits per heavy atom. The predicted octanol–water partition coefficient (Wildman–Crippen LogP) is 1.05. The van der Waals surface area contributed by atoms with E-state index in [0.29, 0.717) is 12.2 Å². The van der Waals surface area contributed by atoms with Crippen molar-refractivity contribution >= 4 is 22.4 Å². The number of rotatable bonds is 5. The molecule has 18 heavy (non-hydrogen) atoms. The molecular formula is C11H14F2N2O2S. The molecule has 0 saturated carbocycles. The van der Waals surface area contributed by atoms with Crippen LogP contribution < -0.4 is 11.1 Å². The first-order chi connectivity index (χ1) is 8.43. The van der Waals surface area contributed by atoms with Crippen LogP contribution in [0.5, 0.6) is 0 Å². The van der Waals surface area contributed by atoms with Crippen LogP contribution in [0.1, 0.15) is 16.8 Å². The lowest BCUT2D eigenvalue weighted by molar-refractivity contribution is 0.0945. The molecule has 0 aliphatic heterocycles. The van der Waals surface area contributed by atoms with E-state index in [-0.39, 0.29) is 12.2 Å². The minimum atomic E-state index is -1.06. The van der Waals surface area contributed by atoms with E-state index in [4.69, 9.17) is 5.73 Å². The fraction of sp³-hybridized carbons (Fsp3) is 0.364. The number of nitrogens with one attached hydrogen (secondary N) is 1. The topological polar surface area (TPSA) is 72.2 Å². The largest absolute Gasteiger partial charge is 0.396 e. The summed E-state index contributed by atoms with van der Waals surface area (Å²) >= 11 is 0. The van der Waals surface area contributed by atoms with E-state index in [1.54, 1.807) is 6.26 Å². The molecule has 100 valence electrons. The predicted molar refractivity (Wildman–Crippen MR) is 66.7 cm³/mol. The van der Waals surface area contributed by atoms with Crippen LogP contribution in [-0.2, 0) is 10.8 Å². The Morgan fingerprint density at radius 1 is 1.44 bits per heavy atom. The molecule has 0 saturated heterocycles. The monoisotopic (exact) mass is 276 g/mol. The van der Waals surface area contributed by atoms with E-state index in [2.05, 4.69) is 5.32 Å². The zero-order valence-corrected chi connectivity index (χ0v) is 10.7. The Morgan fingerprint density at radius 2 is 2.11 bits per heavy atom. The number of hydrogen-bond acceptors (Lipinski definition) is 3. The van der Waals surface area contributed by atoms with Crippen LogP contribution in [0.2, 0.25) is 0 Å². The molecular weight excluding hydrogens is 262 g/mol. The molecule has 0 aliphatic carbocycles. The highest BCUT2D eigenvalue weighted by atomic mass is 32.2. The highest BCUT2D eigenvalue weighted by Gasteiger charge is 2.18. The van der Waals surface area contributed by atoms with Gasteiger partial charge < -0.3 is 11.1 Å². The van der Waals surface area contributed by atoms with E-state index < -0.39 is 33.9 Å². The molecule has 1 atom stereocenters. The van der Waals surface area contributed by atoms with Gasteiger partial charge in [0.1, 0.15) is 11.4 Å². The highest BCUT2D eigenvalue weighted by Crippen LogP contribution is 2.18. The van der Waals surface area contributed by atoms with Crippen molar-refractivity contribution in [3.63, 3.8) is 0 Å². The third kappa shape index (κ3) is 3.76. The van der Waals surface area contributed by atoms with Gasteiger partial charge in [0.05, 0.1) is 5.69 Å². The Labute approximate surface area is 106 Å². The molecule has 4 nitrogen and oxygen atoms in total. The molecule has 1 rings (SSSR count). The quantitative estimate of drug-likeness (QED) is 0.623. The van der Waals surface area contributed by atoms with Crippen LogP contribution in [-0.4, -0.2) is 28.7 Å². The van der Waals surface area contributed by atoms with Crippen LogP contribution in [0.25, 0.3) is 0 Å². The lowest BCUT2D eigenvalue weighted by Crippen LogP contribution is -2.27. The number of nitrogens with two attached hydrogens (primary N) is 1. The average Bonchev–Trinajstić information content (AvgIpc) is 2.30. The highest BCUT2D eigenvalue weighted by molar-refractivity contribution is 7.84. The molecule has 0 aliphatic rings. The normalized spacial score (nSPS) is 12.2. The Hall–Kier alpha value is -1.50. The van der Waals surface area contributed by atoms with Gasteiger partial charge in [-0.25, -0.2) is 8.78 Å². The summed E-state index contributed by atoms with van der Waals surface area (Å²) < 4.78 is 37.6. The van der Waals surface area contributed by atoms with Crippen molar-refractivity contribution in [3.05, 3.63) is 29.3 Å². The minimum absolute atomic E-state index is 0.200. The molecule has 3 N–H and O–H groups in total. The van der Waals surface area contributed by atoms with Crippen LogP contribution >= 0.6 is 0 Å². The average molecular weight is 276 g/mol. The number of halogens is 2. The van der Waals surface area contributed by atoms with Crippen molar-refractivity contribution in [1.82, 2.24) is 5.32 Å². The standard InChI is InChI=1S/C11H14F2N2O2S/c1-18(17)6-2-5-15-11(16)9-7(12)3-4-8(14)10(9)13/h3-4H,2,5-6,14H2,1H3,(H,15,16). The smallest absolute Gasteiger partial charge is 0.257 e. The van der Waals surface area contributed by atoms with Gasteiger partial charge in [0.15, 0.2) is 5.82 Å². The number of carbonyl (C=O) groups excluding carboxylic acids is 1. The van der Waals surface area contributed by atoms with Crippen LogP contribution in [0.3, 0.4) is 0 Å². The Balaban J connectivity index is 2.67. The first-order valence-electron chi connectivity index (χ1n) is 5.25. The molecule has 1 unspecified atom stereocenters. The second-order valence-corrected chi connectivity index (χ2v) is 5.27. The molecule has 0 heterocycles. The molecule has 0 aromatic heterocycles. The van der Waals surface area contributed by atoms with Gasteiger partial charge in [-0.3, -0.25) is 9.00 Å². The van der Waals surface area contributed by atoms with Crippen LogP contribution in [0.15, 0.2) is 12.1 Å². The zero-order valence-electron chi connectivity index (χ0n) is 9.83. The first-order valence-corrected chi connectivity index (χ1v) is 6.98. The van der Waals surface area contributed by atoms with Gasteiger partial charge in [-0.2, -0.15) is 0 Å². The Kier molecular flexibility index (Phi) is 5.21. The number of amides is 1. The SMILES string of the molecule is CS(=O)CCCNC(=O)c1c(F)ccc(N)c1F. The third-order valence-electron chi connectivity index (χ3n) is 2.24.